The molecule has 0 radical (unpaired) electrons. The number of pyridine rings is 1. The Morgan fingerprint density at radius 2 is 1.93 bits per heavy atom. The van der Waals surface area contributed by atoms with Crippen LogP contribution >= 0.6 is 11.8 Å². The van der Waals surface area contributed by atoms with Gasteiger partial charge in [0.1, 0.15) is 10.4 Å². The van der Waals surface area contributed by atoms with E-state index in [1.165, 1.54) is 6.07 Å². The molecular formula is C20H21F3N4OS. The maximum absolute atomic E-state index is 13.0. The summed E-state index contributed by atoms with van der Waals surface area (Å²) < 4.78 is 37.8. The Morgan fingerprint density at radius 1 is 1.24 bits per heavy atom. The molecule has 1 saturated heterocycles. The summed E-state index contributed by atoms with van der Waals surface area (Å²) in [6.07, 6.45) is -3.50. The summed E-state index contributed by atoms with van der Waals surface area (Å²) in [5, 5.41) is 3.09. The summed E-state index contributed by atoms with van der Waals surface area (Å²) in [5.74, 6) is -0.409. The molecule has 2 atom stereocenters. The lowest BCUT2D eigenvalue weighted by Gasteiger charge is -2.21. The van der Waals surface area contributed by atoms with Gasteiger partial charge in [-0.1, -0.05) is 30.0 Å². The number of hydrogen-bond acceptors (Lipinski definition) is 5. The van der Waals surface area contributed by atoms with Crippen LogP contribution in [-0.2, 0) is 15.7 Å². The molecule has 1 aliphatic heterocycles. The van der Waals surface area contributed by atoms with Crippen LogP contribution in [0.5, 0.6) is 0 Å². The molecule has 0 bridgehead atoms. The van der Waals surface area contributed by atoms with Crippen molar-refractivity contribution in [2.75, 3.05) is 19.0 Å². The molecule has 1 fully saturated rings. The number of thioether (sulfide) groups is 1. The van der Waals surface area contributed by atoms with Crippen LogP contribution in [0.1, 0.15) is 36.7 Å². The molecule has 0 spiro atoms. The number of alkyl halides is 3. The summed E-state index contributed by atoms with van der Waals surface area (Å²) in [4.78, 5) is 22.6. The molecule has 9 heteroatoms. The lowest BCUT2D eigenvalue weighted by Crippen LogP contribution is -2.32. The first-order chi connectivity index (χ1) is 13.5. The molecule has 3 rings (SSSR count). The lowest BCUT2D eigenvalue weighted by atomic mass is 9.99. The Hall–Kier alpha value is -2.55. The van der Waals surface area contributed by atoms with Crippen LogP contribution in [0.4, 0.5) is 18.9 Å². The van der Waals surface area contributed by atoms with Crippen LogP contribution in [0.15, 0.2) is 47.6 Å². The van der Waals surface area contributed by atoms with Gasteiger partial charge in [0.2, 0.25) is 5.91 Å². The maximum Gasteiger partial charge on any atom is 0.433 e. The molecule has 2 aromatic rings. The van der Waals surface area contributed by atoms with E-state index >= 15 is 0 Å². The zero-order valence-corrected chi connectivity index (χ0v) is 17.2. The number of carbonyl (C=O) groups is 1. The van der Waals surface area contributed by atoms with E-state index in [4.69, 9.17) is 0 Å². The molecule has 5 nitrogen and oxygen atoms in total. The number of anilines is 1. The Bertz CT molecular complexity index is 961. The Kier molecular flexibility index (Phi) is 5.62. The highest BCUT2D eigenvalue weighted by Crippen LogP contribution is 2.43. The van der Waals surface area contributed by atoms with Crippen molar-refractivity contribution in [3.05, 3.63) is 59.4 Å². The molecule has 0 saturated carbocycles. The highest BCUT2D eigenvalue weighted by atomic mass is 32.2. The van der Waals surface area contributed by atoms with Crippen molar-refractivity contribution in [1.82, 2.24) is 10.3 Å². The van der Waals surface area contributed by atoms with Crippen LogP contribution in [0.2, 0.25) is 0 Å². The average molecular weight is 422 g/mol. The molecule has 1 amide bonds. The van der Waals surface area contributed by atoms with Crippen molar-refractivity contribution < 1.29 is 18.0 Å². The van der Waals surface area contributed by atoms with Gasteiger partial charge in [-0.3, -0.25) is 14.8 Å². The van der Waals surface area contributed by atoms with E-state index in [2.05, 4.69) is 15.3 Å². The predicted molar refractivity (Wildman–Crippen MR) is 109 cm³/mol. The maximum atomic E-state index is 13.0. The predicted octanol–water partition coefficient (Wildman–Crippen LogP) is 4.36. The van der Waals surface area contributed by atoms with E-state index in [-0.39, 0.29) is 11.6 Å². The topological polar surface area (TPSA) is 57.6 Å². The van der Waals surface area contributed by atoms with Crippen molar-refractivity contribution in [1.29, 1.82) is 0 Å². The molecule has 1 aromatic carbocycles. The van der Waals surface area contributed by atoms with Crippen LogP contribution in [0, 0.1) is 0 Å². The first-order valence-electron chi connectivity index (χ1n) is 8.90. The minimum atomic E-state index is -4.58. The number of carbonyl (C=O) groups excluding carboxylic acids is 1. The Balaban J connectivity index is 1.90. The number of amides is 1. The number of nitrogens with zero attached hydrogens (tertiary/aromatic N) is 3. The van der Waals surface area contributed by atoms with E-state index < -0.39 is 22.5 Å². The third-order valence-electron chi connectivity index (χ3n) is 4.74. The molecule has 154 valence electrons. The molecule has 1 aromatic heterocycles. The van der Waals surface area contributed by atoms with Crippen molar-refractivity contribution in [2.45, 2.75) is 30.8 Å². The summed E-state index contributed by atoms with van der Waals surface area (Å²) in [5.41, 5.74) is 1.19. The van der Waals surface area contributed by atoms with E-state index in [1.807, 2.05) is 50.2 Å². The lowest BCUT2D eigenvalue weighted by molar-refractivity contribution is -0.141. The number of para-hydroxylation sites is 1. The zero-order valence-electron chi connectivity index (χ0n) is 16.4. The molecule has 1 N–H and O–H groups in total. The number of halogens is 3. The fourth-order valence-corrected chi connectivity index (χ4v) is 4.24. The Morgan fingerprint density at radius 3 is 2.59 bits per heavy atom. The average Bonchev–Trinajstić information content (AvgIpc) is 2.95. The van der Waals surface area contributed by atoms with E-state index in [0.29, 0.717) is 5.17 Å². The summed E-state index contributed by atoms with van der Waals surface area (Å²) in [7, 11) is 3.87. The van der Waals surface area contributed by atoms with Crippen molar-refractivity contribution in [3.63, 3.8) is 0 Å². The highest BCUT2D eigenvalue weighted by molar-refractivity contribution is 8.15. The number of aromatic nitrogens is 1. The molecule has 0 aliphatic carbocycles. The van der Waals surface area contributed by atoms with Gasteiger partial charge < -0.3 is 10.2 Å². The smallest absolute Gasteiger partial charge is 0.377 e. The van der Waals surface area contributed by atoms with Gasteiger partial charge in [0, 0.05) is 26.0 Å². The van der Waals surface area contributed by atoms with Gasteiger partial charge in [0.05, 0.1) is 6.04 Å². The third-order valence-corrected chi connectivity index (χ3v) is 5.97. The molecule has 1 aliphatic rings. The van der Waals surface area contributed by atoms with Crippen LogP contribution < -0.4 is 10.2 Å². The highest BCUT2D eigenvalue weighted by Gasteiger charge is 2.45. The van der Waals surface area contributed by atoms with Gasteiger partial charge in [-0.25, -0.2) is 0 Å². The fraction of sp³-hybridized carbons (Fsp3) is 0.350. The number of amidine groups is 1. The monoisotopic (exact) mass is 422 g/mol. The third kappa shape index (κ3) is 4.24. The van der Waals surface area contributed by atoms with E-state index in [1.54, 1.807) is 6.92 Å². The molecule has 2 heterocycles. The number of hydrogen-bond donors (Lipinski definition) is 1. The first-order valence-corrected chi connectivity index (χ1v) is 9.72. The van der Waals surface area contributed by atoms with Crippen LogP contribution in [0.3, 0.4) is 0 Å². The van der Waals surface area contributed by atoms with Crippen molar-refractivity contribution in [2.24, 2.45) is 4.99 Å². The number of nitrogens with one attached hydrogen (secondary N) is 1. The van der Waals surface area contributed by atoms with Gasteiger partial charge >= 0.3 is 6.18 Å². The van der Waals surface area contributed by atoms with Gasteiger partial charge in [-0.05, 0) is 43.2 Å². The van der Waals surface area contributed by atoms with E-state index in [0.717, 1.165) is 35.3 Å². The number of aliphatic imine (C=N–C) groups is 1. The zero-order chi connectivity index (χ0) is 21.4. The van der Waals surface area contributed by atoms with Crippen molar-refractivity contribution >= 4 is 28.5 Å². The minimum absolute atomic E-state index is 0.230. The molecular weight excluding hydrogens is 401 g/mol. The largest absolute Gasteiger partial charge is 0.433 e. The van der Waals surface area contributed by atoms with Gasteiger partial charge in [-0.2, -0.15) is 13.2 Å². The fourth-order valence-electron chi connectivity index (χ4n) is 3.11. The van der Waals surface area contributed by atoms with Crippen molar-refractivity contribution in [3.8, 4) is 0 Å². The molecule has 29 heavy (non-hydrogen) atoms. The standard InChI is InChI=1S/C20H21F3N4OS/c1-12(14-7-5-6-8-15(14)27(3)4)25-18-26-17(28)19(2,29-18)13-9-10-24-16(11-13)20(21,22)23/h5-12H,1-4H3,(H,25,26,28). The van der Waals surface area contributed by atoms with Crippen LogP contribution in [0.25, 0.3) is 0 Å². The first kappa shape index (κ1) is 21.2. The number of benzene rings is 1. The second-order valence-corrected chi connectivity index (χ2v) is 8.49. The normalized spacial score (nSPS) is 21.9. The summed E-state index contributed by atoms with van der Waals surface area (Å²) in [6.45, 7) is 3.50. The van der Waals surface area contributed by atoms with E-state index in [9.17, 15) is 18.0 Å². The summed E-state index contributed by atoms with van der Waals surface area (Å²) >= 11 is 1.11. The van der Waals surface area contributed by atoms with Gasteiger partial charge in [0.25, 0.3) is 0 Å². The van der Waals surface area contributed by atoms with Gasteiger partial charge in [-0.15, -0.1) is 0 Å². The Labute approximate surface area is 171 Å². The van der Waals surface area contributed by atoms with Crippen LogP contribution in [-0.4, -0.2) is 30.2 Å². The van der Waals surface area contributed by atoms with Gasteiger partial charge in [0.15, 0.2) is 5.17 Å². The second-order valence-electron chi connectivity index (χ2n) is 7.08. The summed E-state index contributed by atoms with van der Waals surface area (Å²) in [6, 6.07) is 9.88. The quantitative estimate of drug-likeness (QED) is 0.795. The molecule has 2 unspecified atom stereocenters. The minimum Gasteiger partial charge on any atom is -0.377 e. The number of rotatable bonds is 4. The SMILES string of the molecule is CC(N=C1NC(=O)C(C)(c2ccnc(C(F)(F)F)c2)S1)c1ccccc1N(C)C. The second kappa shape index (κ2) is 7.70.